The fourth-order valence-electron chi connectivity index (χ4n) is 2.88. The van der Waals surface area contributed by atoms with Crippen molar-refractivity contribution in [2.45, 2.75) is 57.3 Å². The second kappa shape index (κ2) is 5.55. The van der Waals surface area contributed by atoms with E-state index in [4.69, 9.17) is 10.5 Å². The van der Waals surface area contributed by atoms with Gasteiger partial charge in [-0.05, 0) is 26.7 Å². The van der Waals surface area contributed by atoms with Gasteiger partial charge in [-0.15, -0.1) is 12.4 Å². The van der Waals surface area contributed by atoms with Gasteiger partial charge >= 0.3 is 0 Å². The highest BCUT2D eigenvalue weighted by molar-refractivity contribution is 5.86. The molecule has 0 bridgehead atoms. The minimum absolute atomic E-state index is 0. The first-order chi connectivity index (χ1) is 7.51. The molecule has 2 atom stereocenters. The lowest BCUT2D eigenvalue weighted by Crippen LogP contribution is -2.58. The Hall–Kier alpha value is -0.320. The van der Waals surface area contributed by atoms with Crippen molar-refractivity contribution in [1.29, 1.82) is 0 Å². The summed E-state index contributed by atoms with van der Waals surface area (Å²) < 4.78 is 5.63. The third-order valence-electron chi connectivity index (χ3n) is 3.63. The third kappa shape index (κ3) is 3.12. The molecule has 5 heteroatoms. The van der Waals surface area contributed by atoms with E-state index in [1.165, 1.54) is 0 Å². The second-order valence-corrected chi connectivity index (χ2v) is 5.33. The molecule has 0 aromatic carbocycles. The third-order valence-corrected chi connectivity index (χ3v) is 3.63. The first-order valence-electron chi connectivity index (χ1n) is 6.25. The number of nitrogens with two attached hydrogens (primary N) is 1. The molecule has 1 saturated heterocycles. The monoisotopic (exact) mass is 262 g/mol. The zero-order valence-electron chi connectivity index (χ0n) is 10.6. The van der Waals surface area contributed by atoms with Crippen LogP contribution in [0.5, 0.6) is 0 Å². The van der Waals surface area contributed by atoms with E-state index < -0.39 is 5.54 Å². The normalized spacial score (nSPS) is 32.1. The van der Waals surface area contributed by atoms with E-state index in [1.54, 1.807) is 0 Å². The molecule has 1 aliphatic heterocycles. The summed E-state index contributed by atoms with van der Waals surface area (Å²) in [7, 11) is 0. The van der Waals surface area contributed by atoms with Crippen molar-refractivity contribution in [2.75, 3.05) is 13.1 Å². The summed E-state index contributed by atoms with van der Waals surface area (Å²) in [5.41, 5.74) is 5.61. The molecule has 0 aromatic rings. The van der Waals surface area contributed by atoms with Gasteiger partial charge in [-0.3, -0.25) is 4.79 Å². The molecule has 2 N–H and O–H groups in total. The summed E-state index contributed by atoms with van der Waals surface area (Å²) in [6.45, 7) is 5.38. The average molecular weight is 263 g/mol. The molecule has 0 spiro atoms. The van der Waals surface area contributed by atoms with Gasteiger partial charge in [0.1, 0.15) is 0 Å². The lowest BCUT2D eigenvalue weighted by Gasteiger charge is -2.39. The molecule has 2 fully saturated rings. The van der Waals surface area contributed by atoms with Crippen molar-refractivity contribution in [3.8, 4) is 0 Å². The summed E-state index contributed by atoms with van der Waals surface area (Å²) in [6, 6.07) is 0. The summed E-state index contributed by atoms with van der Waals surface area (Å²) in [4.78, 5) is 14.3. The largest absolute Gasteiger partial charge is 0.372 e. The predicted octanol–water partition coefficient (Wildman–Crippen LogP) is 1.32. The first kappa shape index (κ1) is 14.7. The van der Waals surface area contributed by atoms with Crippen LogP contribution in [-0.2, 0) is 9.53 Å². The second-order valence-electron chi connectivity index (χ2n) is 5.33. The van der Waals surface area contributed by atoms with Gasteiger partial charge in [0, 0.05) is 13.1 Å². The van der Waals surface area contributed by atoms with Crippen LogP contribution >= 0.6 is 12.4 Å². The highest BCUT2D eigenvalue weighted by Crippen LogP contribution is 2.29. The van der Waals surface area contributed by atoms with Crippen molar-refractivity contribution < 1.29 is 9.53 Å². The van der Waals surface area contributed by atoms with Crippen LogP contribution in [0.4, 0.5) is 0 Å². The summed E-state index contributed by atoms with van der Waals surface area (Å²) in [5, 5.41) is 0. The van der Waals surface area contributed by atoms with E-state index in [0.29, 0.717) is 13.1 Å². The van der Waals surface area contributed by atoms with Crippen LogP contribution in [0.25, 0.3) is 0 Å². The Morgan fingerprint density at radius 3 is 2.18 bits per heavy atom. The smallest absolute Gasteiger partial charge is 0.242 e. The van der Waals surface area contributed by atoms with E-state index in [2.05, 4.69) is 0 Å². The van der Waals surface area contributed by atoms with Gasteiger partial charge in [0.25, 0.3) is 0 Å². The summed E-state index contributed by atoms with van der Waals surface area (Å²) in [5.74, 6) is 0.131. The summed E-state index contributed by atoms with van der Waals surface area (Å²) >= 11 is 0. The molecule has 1 amide bonds. The van der Waals surface area contributed by atoms with E-state index in [0.717, 1.165) is 25.7 Å². The van der Waals surface area contributed by atoms with E-state index in [-0.39, 0.29) is 30.5 Å². The van der Waals surface area contributed by atoms with Crippen molar-refractivity contribution >= 4 is 18.3 Å². The number of halogens is 1. The van der Waals surface area contributed by atoms with Gasteiger partial charge in [0.2, 0.25) is 5.91 Å². The molecule has 1 aliphatic carbocycles. The minimum atomic E-state index is -0.587. The van der Waals surface area contributed by atoms with Crippen LogP contribution in [0.1, 0.15) is 39.5 Å². The maximum Gasteiger partial charge on any atom is 0.242 e. The number of amides is 1. The molecule has 0 aromatic heterocycles. The zero-order chi connectivity index (χ0) is 11.8. The zero-order valence-corrected chi connectivity index (χ0v) is 11.5. The molecule has 0 unspecified atom stereocenters. The lowest BCUT2D eigenvalue weighted by atomic mass is 9.96. The molecular weight excluding hydrogens is 240 g/mol. The Kier molecular flexibility index (Phi) is 4.81. The van der Waals surface area contributed by atoms with Gasteiger partial charge in [-0.25, -0.2) is 0 Å². The van der Waals surface area contributed by atoms with E-state index >= 15 is 0 Å². The van der Waals surface area contributed by atoms with Crippen LogP contribution in [-0.4, -0.2) is 41.6 Å². The number of carbonyl (C=O) groups is 1. The average Bonchev–Trinajstić information content (AvgIpc) is 2.64. The molecule has 100 valence electrons. The number of carbonyl (C=O) groups excluding carboxylic acids is 1. The maximum atomic E-state index is 12.4. The van der Waals surface area contributed by atoms with Crippen LogP contribution in [0, 0.1) is 0 Å². The fourth-order valence-corrected chi connectivity index (χ4v) is 2.88. The van der Waals surface area contributed by atoms with E-state index in [9.17, 15) is 4.79 Å². The molecule has 1 heterocycles. The van der Waals surface area contributed by atoms with Crippen LogP contribution in [0.2, 0.25) is 0 Å². The van der Waals surface area contributed by atoms with Crippen LogP contribution < -0.4 is 5.73 Å². The standard InChI is InChI=1S/C12H22N2O2.ClH/c1-9-7-14(8-10(2)16-9)11(15)12(13)5-3-4-6-12;/h9-10H,3-8,13H2,1-2H3;1H/t9-,10+;. The van der Waals surface area contributed by atoms with E-state index in [1.807, 2.05) is 18.7 Å². The Morgan fingerprint density at radius 2 is 1.71 bits per heavy atom. The molecule has 0 radical (unpaired) electrons. The number of hydrogen-bond donors (Lipinski definition) is 1. The number of hydrogen-bond acceptors (Lipinski definition) is 3. The molecule has 2 rings (SSSR count). The Morgan fingerprint density at radius 1 is 1.24 bits per heavy atom. The van der Waals surface area contributed by atoms with Gasteiger partial charge in [-0.2, -0.15) is 0 Å². The van der Waals surface area contributed by atoms with Crippen LogP contribution in [0.15, 0.2) is 0 Å². The number of ether oxygens (including phenoxy) is 1. The molecule has 17 heavy (non-hydrogen) atoms. The minimum Gasteiger partial charge on any atom is -0.372 e. The van der Waals surface area contributed by atoms with Crippen molar-refractivity contribution in [3.63, 3.8) is 0 Å². The SMILES string of the molecule is C[C@@H]1CN(C(=O)C2(N)CCCC2)C[C@H](C)O1.Cl. The summed E-state index contributed by atoms with van der Waals surface area (Å²) in [6.07, 6.45) is 4.09. The molecule has 1 saturated carbocycles. The predicted molar refractivity (Wildman–Crippen MR) is 69.2 cm³/mol. The first-order valence-corrected chi connectivity index (χ1v) is 6.25. The lowest BCUT2D eigenvalue weighted by molar-refractivity contribution is -0.148. The Bertz CT molecular complexity index is 270. The van der Waals surface area contributed by atoms with Crippen molar-refractivity contribution in [2.24, 2.45) is 5.73 Å². The van der Waals surface area contributed by atoms with Gasteiger partial charge < -0.3 is 15.4 Å². The number of rotatable bonds is 1. The topological polar surface area (TPSA) is 55.6 Å². The Balaban J connectivity index is 0.00000144. The number of morpholine rings is 1. The van der Waals surface area contributed by atoms with Gasteiger partial charge in [0.15, 0.2) is 0 Å². The molecule has 2 aliphatic rings. The maximum absolute atomic E-state index is 12.4. The Labute approximate surface area is 109 Å². The highest BCUT2D eigenvalue weighted by Gasteiger charge is 2.41. The highest BCUT2D eigenvalue weighted by atomic mass is 35.5. The van der Waals surface area contributed by atoms with Gasteiger partial charge in [0.05, 0.1) is 17.7 Å². The van der Waals surface area contributed by atoms with Crippen molar-refractivity contribution in [1.82, 2.24) is 4.90 Å². The fraction of sp³-hybridized carbons (Fsp3) is 0.917. The molecule has 4 nitrogen and oxygen atoms in total. The van der Waals surface area contributed by atoms with Gasteiger partial charge in [-0.1, -0.05) is 12.8 Å². The van der Waals surface area contributed by atoms with Crippen LogP contribution in [0.3, 0.4) is 0 Å². The van der Waals surface area contributed by atoms with Crippen molar-refractivity contribution in [3.05, 3.63) is 0 Å². The molecular formula is C12H23ClN2O2. The quantitative estimate of drug-likeness (QED) is 0.775. The number of nitrogens with zero attached hydrogens (tertiary/aromatic N) is 1.